The Bertz CT molecular complexity index is 1240. The summed E-state index contributed by atoms with van der Waals surface area (Å²) >= 11 is 0. The maximum atomic E-state index is 12.8. The molecular formula is C24H29N3O3S. The average Bonchev–Trinajstić information content (AvgIpc) is 2.66. The van der Waals surface area contributed by atoms with Crippen molar-refractivity contribution in [1.82, 2.24) is 10.3 Å². The molecule has 0 aliphatic rings. The zero-order valence-corrected chi connectivity index (χ0v) is 19.6. The van der Waals surface area contributed by atoms with Crippen LogP contribution in [0.5, 0.6) is 0 Å². The van der Waals surface area contributed by atoms with E-state index in [2.05, 4.69) is 30.8 Å². The van der Waals surface area contributed by atoms with Crippen molar-refractivity contribution in [3.05, 3.63) is 70.9 Å². The highest BCUT2D eigenvalue weighted by Gasteiger charge is 2.17. The molecule has 0 aliphatic heterocycles. The van der Waals surface area contributed by atoms with Crippen LogP contribution in [0.4, 0.5) is 5.69 Å². The summed E-state index contributed by atoms with van der Waals surface area (Å²) in [7, 11) is -3.34. The van der Waals surface area contributed by atoms with Crippen molar-refractivity contribution in [2.24, 2.45) is 0 Å². The van der Waals surface area contributed by atoms with Crippen molar-refractivity contribution in [1.29, 1.82) is 0 Å². The first kappa shape index (κ1) is 22.7. The molecule has 0 radical (unpaired) electrons. The Morgan fingerprint density at radius 3 is 2.35 bits per heavy atom. The van der Waals surface area contributed by atoms with Gasteiger partial charge in [-0.15, -0.1) is 0 Å². The minimum Gasteiger partial charge on any atom is -0.346 e. The van der Waals surface area contributed by atoms with E-state index in [0.717, 1.165) is 34.0 Å². The number of aromatic nitrogens is 1. The zero-order valence-electron chi connectivity index (χ0n) is 18.8. The number of rotatable bonds is 5. The normalized spacial score (nSPS) is 13.1. The molecule has 6 nitrogen and oxygen atoms in total. The SMILES string of the molecule is Cc1cc([C@H](C)NC(=O)c2ccc3nc(C(C)(C)C)ccc3c2)ccc1NS(C)(=O)=O. The Morgan fingerprint density at radius 2 is 1.74 bits per heavy atom. The third-order valence-corrected chi connectivity index (χ3v) is 5.70. The first-order valence-corrected chi connectivity index (χ1v) is 12.0. The van der Waals surface area contributed by atoms with E-state index in [4.69, 9.17) is 4.98 Å². The Hall–Kier alpha value is -2.93. The van der Waals surface area contributed by atoms with Gasteiger partial charge in [0, 0.05) is 22.1 Å². The molecule has 1 atom stereocenters. The van der Waals surface area contributed by atoms with E-state index in [1.165, 1.54) is 0 Å². The molecule has 2 aromatic carbocycles. The molecule has 0 unspecified atom stereocenters. The number of hydrogen-bond donors (Lipinski definition) is 2. The fourth-order valence-corrected chi connectivity index (χ4v) is 3.95. The van der Waals surface area contributed by atoms with Crippen LogP contribution < -0.4 is 10.0 Å². The lowest BCUT2D eigenvalue weighted by molar-refractivity contribution is 0.0940. The Balaban J connectivity index is 1.77. The topological polar surface area (TPSA) is 88.2 Å². The van der Waals surface area contributed by atoms with Crippen molar-refractivity contribution in [2.75, 3.05) is 11.0 Å². The molecule has 0 saturated heterocycles. The minimum atomic E-state index is -3.34. The summed E-state index contributed by atoms with van der Waals surface area (Å²) in [5.74, 6) is -0.176. The number of hydrogen-bond acceptors (Lipinski definition) is 4. The monoisotopic (exact) mass is 439 g/mol. The number of carbonyl (C=O) groups excluding carboxylic acids is 1. The molecule has 1 heterocycles. The molecule has 0 aliphatic carbocycles. The summed E-state index contributed by atoms with van der Waals surface area (Å²) in [6, 6.07) is 14.7. The summed E-state index contributed by atoms with van der Waals surface area (Å²) in [5.41, 5.74) is 4.61. The number of aryl methyl sites for hydroxylation is 1. The van der Waals surface area contributed by atoms with E-state index in [-0.39, 0.29) is 17.4 Å². The lowest BCUT2D eigenvalue weighted by Crippen LogP contribution is -2.26. The molecule has 1 amide bonds. The van der Waals surface area contributed by atoms with Crippen molar-refractivity contribution in [3.8, 4) is 0 Å². The number of anilines is 1. The Morgan fingerprint density at radius 1 is 1.03 bits per heavy atom. The van der Waals surface area contributed by atoms with Crippen LogP contribution in [0.15, 0.2) is 48.5 Å². The number of benzene rings is 2. The van der Waals surface area contributed by atoms with Gasteiger partial charge in [0.1, 0.15) is 0 Å². The van der Waals surface area contributed by atoms with Gasteiger partial charge < -0.3 is 5.32 Å². The lowest BCUT2D eigenvalue weighted by Gasteiger charge is -2.18. The predicted molar refractivity (Wildman–Crippen MR) is 126 cm³/mol. The number of pyridine rings is 1. The van der Waals surface area contributed by atoms with Crippen molar-refractivity contribution < 1.29 is 13.2 Å². The van der Waals surface area contributed by atoms with Gasteiger partial charge in [-0.2, -0.15) is 0 Å². The number of nitrogens with one attached hydrogen (secondary N) is 2. The summed E-state index contributed by atoms with van der Waals surface area (Å²) in [4.78, 5) is 17.5. The van der Waals surface area contributed by atoms with Crippen molar-refractivity contribution >= 4 is 32.5 Å². The van der Waals surface area contributed by atoms with E-state index in [1.54, 1.807) is 12.1 Å². The van der Waals surface area contributed by atoms with Gasteiger partial charge >= 0.3 is 0 Å². The quantitative estimate of drug-likeness (QED) is 0.603. The van der Waals surface area contributed by atoms with E-state index >= 15 is 0 Å². The standard InChI is InChI=1S/C24H29N3O3S/c1-15-13-17(7-10-20(15)27-31(6,29)30)16(2)25-23(28)19-8-11-21-18(14-19)9-12-22(26-21)24(3,4)5/h7-14,16,27H,1-6H3,(H,25,28)/t16-/m0/s1. The molecular weight excluding hydrogens is 410 g/mol. The molecule has 3 aromatic rings. The van der Waals surface area contributed by atoms with Gasteiger partial charge in [0.25, 0.3) is 5.91 Å². The molecule has 1 aromatic heterocycles. The molecule has 0 saturated carbocycles. The van der Waals surface area contributed by atoms with Gasteiger partial charge in [-0.3, -0.25) is 14.5 Å². The summed E-state index contributed by atoms with van der Waals surface area (Å²) in [6.45, 7) is 10.1. The second-order valence-corrected chi connectivity index (χ2v) is 10.7. The summed E-state index contributed by atoms with van der Waals surface area (Å²) in [5, 5.41) is 3.93. The van der Waals surface area contributed by atoms with Gasteiger partial charge in [0.2, 0.25) is 10.0 Å². The molecule has 2 N–H and O–H groups in total. The number of sulfonamides is 1. The van der Waals surface area contributed by atoms with Crippen LogP contribution >= 0.6 is 0 Å². The first-order valence-electron chi connectivity index (χ1n) is 10.1. The van der Waals surface area contributed by atoms with Crippen LogP contribution in [0.3, 0.4) is 0 Å². The zero-order chi connectivity index (χ0) is 23.0. The second kappa shape index (κ2) is 8.30. The molecule has 7 heteroatoms. The van der Waals surface area contributed by atoms with Crippen LogP contribution in [0, 0.1) is 6.92 Å². The molecule has 164 valence electrons. The number of carbonyl (C=O) groups is 1. The molecule has 3 rings (SSSR count). The second-order valence-electron chi connectivity index (χ2n) is 9.00. The van der Waals surface area contributed by atoms with Crippen LogP contribution in [0.1, 0.15) is 60.9 Å². The van der Waals surface area contributed by atoms with Crippen molar-refractivity contribution in [2.45, 2.75) is 46.1 Å². The minimum absolute atomic E-state index is 0.0375. The third-order valence-electron chi connectivity index (χ3n) is 5.11. The van der Waals surface area contributed by atoms with E-state index in [1.807, 2.05) is 50.2 Å². The van der Waals surface area contributed by atoms with Gasteiger partial charge in [-0.05, 0) is 55.3 Å². The van der Waals surface area contributed by atoms with Crippen molar-refractivity contribution in [3.63, 3.8) is 0 Å². The highest BCUT2D eigenvalue weighted by Crippen LogP contribution is 2.25. The average molecular weight is 440 g/mol. The molecule has 0 fully saturated rings. The Labute approximate surface area is 184 Å². The maximum absolute atomic E-state index is 12.8. The Kier molecular flexibility index (Phi) is 6.09. The molecule has 0 bridgehead atoms. The largest absolute Gasteiger partial charge is 0.346 e. The van der Waals surface area contributed by atoms with Gasteiger partial charge in [0.15, 0.2) is 0 Å². The lowest BCUT2D eigenvalue weighted by atomic mass is 9.91. The molecule has 31 heavy (non-hydrogen) atoms. The van der Waals surface area contributed by atoms with Crippen LogP contribution in [0.25, 0.3) is 10.9 Å². The van der Waals surface area contributed by atoms with E-state index < -0.39 is 10.0 Å². The van der Waals surface area contributed by atoms with E-state index in [0.29, 0.717) is 11.3 Å². The fourth-order valence-electron chi connectivity index (χ4n) is 3.32. The summed E-state index contributed by atoms with van der Waals surface area (Å²) < 4.78 is 25.4. The van der Waals surface area contributed by atoms with Gasteiger partial charge in [-0.25, -0.2) is 8.42 Å². The van der Waals surface area contributed by atoms with Crippen LogP contribution in [0.2, 0.25) is 0 Å². The highest BCUT2D eigenvalue weighted by atomic mass is 32.2. The smallest absolute Gasteiger partial charge is 0.251 e. The van der Waals surface area contributed by atoms with Gasteiger partial charge in [0.05, 0.1) is 23.5 Å². The maximum Gasteiger partial charge on any atom is 0.251 e. The number of fused-ring (bicyclic) bond motifs is 1. The summed E-state index contributed by atoms with van der Waals surface area (Å²) in [6.07, 6.45) is 1.12. The first-order chi connectivity index (χ1) is 14.3. The van der Waals surface area contributed by atoms with Crippen LogP contribution in [-0.2, 0) is 15.4 Å². The number of nitrogens with zero attached hydrogens (tertiary/aromatic N) is 1. The molecule has 0 spiro atoms. The highest BCUT2D eigenvalue weighted by molar-refractivity contribution is 7.92. The third kappa shape index (κ3) is 5.61. The predicted octanol–water partition coefficient (Wildman–Crippen LogP) is 4.70. The van der Waals surface area contributed by atoms with E-state index in [9.17, 15) is 13.2 Å². The fraction of sp³-hybridized carbons (Fsp3) is 0.333. The number of amides is 1. The van der Waals surface area contributed by atoms with Gasteiger partial charge in [-0.1, -0.05) is 39.0 Å². The van der Waals surface area contributed by atoms with Crippen LogP contribution in [-0.4, -0.2) is 25.6 Å².